The van der Waals surface area contributed by atoms with Crippen molar-refractivity contribution in [3.05, 3.63) is 120 Å². The Morgan fingerprint density at radius 3 is 1.64 bits per heavy atom. The fourth-order valence-corrected chi connectivity index (χ4v) is 3.84. The van der Waals surface area contributed by atoms with Gasteiger partial charge in [0.2, 0.25) is 0 Å². The summed E-state index contributed by atoms with van der Waals surface area (Å²) in [7, 11) is 0. The summed E-state index contributed by atoms with van der Waals surface area (Å²) in [5.41, 5.74) is 3.84. The van der Waals surface area contributed by atoms with E-state index >= 15 is 0 Å². The molecule has 4 rings (SSSR count). The Morgan fingerprint density at radius 2 is 1.09 bits per heavy atom. The molecule has 33 heavy (non-hydrogen) atoms. The summed E-state index contributed by atoms with van der Waals surface area (Å²) in [5.74, 6) is -0.739. The smallest absolute Gasteiger partial charge is 0.358 e. The molecule has 3 N–H and O–H groups in total. The molecule has 4 aromatic carbocycles. The maximum atomic E-state index is 13.2. The summed E-state index contributed by atoms with van der Waals surface area (Å²) in [5, 5.41) is 32.1. The average molecular weight is 442 g/mol. The van der Waals surface area contributed by atoms with Gasteiger partial charge in [-0.25, -0.2) is 8.78 Å². The second-order valence-electron chi connectivity index (χ2n) is 8.04. The van der Waals surface area contributed by atoms with Gasteiger partial charge in [-0.1, -0.05) is 72.8 Å². The first kappa shape index (κ1) is 22.9. The van der Waals surface area contributed by atoms with Crippen molar-refractivity contribution >= 4 is 35.7 Å². The van der Waals surface area contributed by atoms with Gasteiger partial charge >= 0.3 is 13.8 Å². The summed E-state index contributed by atoms with van der Waals surface area (Å²) < 4.78 is 26.3. The zero-order valence-electron chi connectivity index (χ0n) is 17.8. The van der Waals surface area contributed by atoms with Crippen molar-refractivity contribution in [2.24, 2.45) is 0 Å². The van der Waals surface area contributed by atoms with Gasteiger partial charge in [0.25, 0.3) is 0 Å². The van der Waals surface area contributed by atoms with Crippen LogP contribution in [0.2, 0.25) is 0 Å². The van der Waals surface area contributed by atoms with Gasteiger partial charge in [0, 0.05) is 6.42 Å². The Hall–Kier alpha value is -3.25. The van der Waals surface area contributed by atoms with Gasteiger partial charge < -0.3 is 15.2 Å². The highest BCUT2D eigenvalue weighted by Gasteiger charge is 2.20. The summed E-state index contributed by atoms with van der Waals surface area (Å²) in [6.45, 7) is -1.84. The maximum Gasteiger partial charge on any atom is 0.358 e. The van der Waals surface area contributed by atoms with E-state index in [1.165, 1.54) is 36.4 Å². The van der Waals surface area contributed by atoms with E-state index in [1.807, 2.05) is 12.1 Å². The Kier molecular flexibility index (Phi) is 7.04. The van der Waals surface area contributed by atoms with Crippen LogP contribution in [0.5, 0.6) is 0 Å². The van der Waals surface area contributed by atoms with Crippen LogP contribution in [0.4, 0.5) is 8.78 Å². The molecule has 1 atom stereocenters. The fraction of sp³-hybridized carbons (Fsp3) is 0.0769. The zero-order chi connectivity index (χ0) is 23.4. The summed E-state index contributed by atoms with van der Waals surface area (Å²) in [6, 6.07) is 25.6. The number of aliphatic hydroxyl groups excluding tert-OH is 1. The Morgan fingerprint density at radius 1 is 0.606 bits per heavy atom. The third kappa shape index (κ3) is 5.57. The van der Waals surface area contributed by atoms with E-state index in [0.29, 0.717) is 33.8 Å². The first-order chi connectivity index (χ1) is 15.9. The zero-order valence-corrected chi connectivity index (χ0v) is 17.8. The standard InChI is InChI=1S/C26H22B2F2O3/c29-24-11-7-20(8-12-24)27(32)22-5-1-3-18(15-22)16-26(31)19-4-2-6-23(17-19)28(33)21-9-13-25(30)14-10-21/h1-15,17,26,31-33H,16H2. The average Bonchev–Trinajstić information content (AvgIpc) is 2.84. The van der Waals surface area contributed by atoms with Crippen LogP contribution in [0, 0.1) is 11.6 Å². The molecule has 0 saturated carbocycles. The van der Waals surface area contributed by atoms with E-state index in [2.05, 4.69) is 0 Å². The van der Waals surface area contributed by atoms with Gasteiger partial charge in [-0.3, -0.25) is 0 Å². The molecule has 164 valence electrons. The van der Waals surface area contributed by atoms with E-state index in [0.717, 1.165) is 5.56 Å². The van der Waals surface area contributed by atoms with Crippen LogP contribution < -0.4 is 21.9 Å². The molecule has 0 saturated heterocycles. The highest BCUT2D eigenvalue weighted by Crippen LogP contribution is 2.17. The lowest BCUT2D eigenvalue weighted by Gasteiger charge is -2.15. The Bertz CT molecular complexity index is 1220. The van der Waals surface area contributed by atoms with Gasteiger partial charge in [-0.05, 0) is 57.2 Å². The van der Waals surface area contributed by atoms with Gasteiger partial charge in [0.1, 0.15) is 11.6 Å². The van der Waals surface area contributed by atoms with Crippen molar-refractivity contribution < 1.29 is 23.9 Å². The molecule has 0 radical (unpaired) electrons. The molecule has 0 aromatic heterocycles. The normalized spacial score (nSPS) is 11.8. The minimum absolute atomic E-state index is 0.306. The van der Waals surface area contributed by atoms with Gasteiger partial charge in [0.15, 0.2) is 0 Å². The van der Waals surface area contributed by atoms with Crippen LogP contribution in [0.25, 0.3) is 0 Å². The van der Waals surface area contributed by atoms with E-state index in [4.69, 9.17) is 0 Å². The third-order valence-corrected chi connectivity index (χ3v) is 5.68. The quantitative estimate of drug-likeness (QED) is 0.380. The van der Waals surface area contributed by atoms with Gasteiger partial charge in [-0.15, -0.1) is 0 Å². The highest BCUT2D eigenvalue weighted by molar-refractivity contribution is 6.79. The van der Waals surface area contributed by atoms with E-state index in [-0.39, 0.29) is 11.6 Å². The number of halogens is 2. The van der Waals surface area contributed by atoms with Crippen molar-refractivity contribution in [3.8, 4) is 0 Å². The minimum Gasteiger partial charge on any atom is -0.443 e. The number of rotatable bonds is 7. The second kappa shape index (κ2) is 10.1. The van der Waals surface area contributed by atoms with Crippen LogP contribution in [-0.4, -0.2) is 29.0 Å². The Labute approximate surface area is 192 Å². The predicted octanol–water partition coefficient (Wildman–Crippen LogP) is 1.44. The topological polar surface area (TPSA) is 60.7 Å². The van der Waals surface area contributed by atoms with Crippen LogP contribution in [0.3, 0.4) is 0 Å². The molecule has 0 aliphatic rings. The van der Waals surface area contributed by atoms with Crippen molar-refractivity contribution in [3.63, 3.8) is 0 Å². The van der Waals surface area contributed by atoms with E-state index in [9.17, 15) is 23.9 Å². The predicted molar refractivity (Wildman–Crippen MR) is 129 cm³/mol. The molecule has 0 aliphatic heterocycles. The lowest BCUT2D eigenvalue weighted by molar-refractivity contribution is 0.178. The molecule has 3 nitrogen and oxygen atoms in total. The van der Waals surface area contributed by atoms with Crippen molar-refractivity contribution in [1.29, 1.82) is 0 Å². The summed E-state index contributed by atoms with van der Waals surface area (Å²) in [4.78, 5) is 0. The van der Waals surface area contributed by atoms with Crippen molar-refractivity contribution in [2.45, 2.75) is 12.5 Å². The number of aliphatic hydroxyl groups is 1. The number of hydrogen-bond acceptors (Lipinski definition) is 3. The molecule has 0 heterocycles. The number of hydrogen-bond donors (Lipinski definition) is 3. The van der Waals surface area contributed by atoms with Gasteiger partial charge in [0.05, 0.1) is 6.10 Å². The van der Waals surface area contributed by atoms with E-state index < -0.39 is 19.9 Å². The molecule has 0 fully saturated rings. The lowest BCUT2D eigenvalue weighted by atomic mass is 9.55. The highest BCUT2D eigenvalue weighted by atomic mass is 19.1. The third-order valence-electron chi connectivity index (χ3n) is 5.68. The van der Waals surface area contributed by atoms with Crippen LogP contribution >= 0.6 is 0 Å². The van der Waals surface area contributed by atoms with Crippen LogP contribution in [0.1, 0.15) is 17.2 Å². The fourth-order valence-electron chi connectivity index (χ4n) is 3.84. The molecule has 0 bridgehead atoms. The molecule has 7 heteroatoms. The molecule has 0 spiro atoms. The van der Waals surface area contributed by atoms with Crippen molar-refractivity contribution in [2.75, 3.05) is 0 Å². The first-order valence-corrected chi connectivity index (χ1v) is 10.6. The summed E-state index contributed by atoms with van der Waals surface area (Å²) >= 11 is 0. The molecular weight excluding hydrogens is 420 g/mol. The van der Waals surface area contributed by atoms with Crippen LogP contribution in [-0.2, 0) is 6.42 Å². The monoisotopic (exact) mass is 442 g/mol. The number of benzene rings is 4. The van der Waals surface area contributed by atoms with Crippen LogP contribution in [0.15, 0.2) is 97.1 Å². The SMILES string of the molecule is OB(c1ccc(F)cc1)c1cccc(CC(O)c2cccc(B(O)c3ccc(F)cc3)c2)c1. The molecular formula is C26H22B2F2O3. The minimum atomic E-state index is -0.938. The first-order valence-electron chi connectivity index (χ1n) is 10.6. The van der Waals surface area contributed by atoms with Gasteiger partial charge in [-0.2, -0.15) is 0 Å². The molecule has 4 aromatic rings. The van der Waals surface area contributed by atoms with E-state index in [1.54, 1.807) is 48.5 Å². The van der Waals surface area contributed by atoms with Crippen molar-refractivity contribution in [1.82, 2.24) is 0 Å². The molecule has 0 aliphatic carbocycles. The molecule has 0 amide bonds. The Balaban J connectivity index is 1.50. The summed E-state index contributed by atoms with van der Waals surface area (Å²) in [6.07, 6.45) is -0.524. The largest absolute Gasteiger partial charge is 0.443 e. The lowest BCUT2D eigenvalue weighted by Crippen LogP contribution is -2.42. The maximum absolute atomic E-state index is 13.2. The second-order valence-corrected chi connectivity index (χ2v) is 8.04. The molecule has 1 unspecified atom stereocenters.